The number of thiazole rings is 1. The molecule has 7 nitrogen and oxygen atoms in total. The number of carboxylic acid groups (broad SMARTS) is 1. The Kier molecular flexibility index (Phi) is 8.28. The van der Waals surface area contributed by atoms with Crippen LogP contribution in [0.4, 0.5) is 5.13 Å². The van der Waals surface area contributed by atoms with Gasteiger partial charge in [-0.2, -0.15) is 0 Å². The number of carboxylic acids is 1. The van der Waals surface area contributed by atoms with Crippen LogP contribution in [0, 0.1) is 11.8 Å². The molecule has 0 aliphatic heterocycles. The normalized spacial score (nSPS) is 12.1. The molecule has 0 amide bonds. The maximum Gasteiger partial charge on any atom is 0.316 e. The number of nitrogens with zero attached hydrogens (tertiary/aromatic N) is 3. The van der Waals surface area contributed by atoms with Crippen molar-refractivity contribution in [1.29, 1.82) is 0 Å². The first kappa shape index (κ1) is 24.2. The van der Waals surface area contributed by atoms with Crippen molar-refractivity contribution in [1.82, 2.24) is 15.0 Å². The summed E-state index contributed by atoms with van der Waals surface area (Å²) in [5.41, 5.74) is 2.43. The first-order valence-electron chi connectivity index (χ1n) is 10.0. The van der Waals surface area contributed by atoms with Gasteiger partial charge in [-0.3, -0.25) is 4.79 Å². The lowest BCUT2D eigenvalue weighted by molar-refractivity contribution is -0.141. The van der Waals surface area contributed by atoms with Gasteiger partial charge in [0.2, 0.25) is 0 Å². The van der Waals surface area contributed by atoms with Crippen molar-refractivity contribution in [2.24, 2.45) is 11.8 Å². The number of aliphatic carboxylic acids is 1. The van der Waals surface area contributed by atoms with Crippen molar-refractivity contribution >= 4 is 45.6 Å². The third-order valence-electron chi connectivity index (χ3n) is 4.68. The van der Waals surface area contributed by atoms with Gasteiger partial charge >= 0.3 is 12.0 Å². The summed E-state index contributed by atoms with van der Waals surface area (Å²) in [6.07, 6.45) is 4.29. The summed E-state index contributed by atoms with van der Waals surface area (Å²) in [6.45, 7) is 4.50. The summed E-state index contributed by atoms with van der Waals surface area (Å²) in [6, 6.07) is 5.69. The molecular weight excluding hydrogens is 471 g/mol. The number of hydrogen-bond acceptors (Lipinski definition) is 7. The average Bonchev–Trinajstić information content (AvgIpc) is 3.15. The molecule has 0 bridgehead atoms. The van der Waals surface area contributed by atoms with Crippen LogP contribution in [0.5, 0.6) is 6.01 Å². The van der Waals surface area contributed by atoms with Gasteiger partial charge in [-0.15, -0.1) is 11.3 Å². The van der Waals surface area contributed by atoms with Crippen molar-refractivity contribution in [3.8, 4) is 17.3 Å². The van der Waals surface area contributed by atoms with E-state index in [-0.39, 0.29) is 19.0 Å². The average molecular weight is 495 g/mol. The van der Waals surface area contributed by atoms with Crippen molar-refractivity contribution < 1.29 is 14.6 Å². The van der Waals surface area contributed by atoms with Gasteiger partial charge in [-0.1, -0.05) is 43.1 Å². The van der Waals surface area contributed by atoms with E-state index in [4.69, 9.17) is 32.9 Å². The van der Waals surface area contributed by atoms with Crippen LogP contribution < -0.4 is 10.1 Å². The molecule has 0 aliphatic rings. The molecule has 32 heavy (non-hydrogen) atoms. The second-order valence-corrected chi connectivity index (χ2v) is 9.61. The molecule has 0 radical (unpaired) electrons. The fourth-order valence-corrected chi connectivity index (χ4v) is 4.60. The molecule has 3 rings (SSSR count). The Morgan fingerprint density at radius 3 is 2.50 bits per heavy atom. The standard InChI is InChI=1S/C22H24Cl2N4O3S/c1-12(2)6-18-19(14-4-5-16(23)17(24)8-14)28-22(32-18)27-11-15(20(29)30)7-13-9-25-21(31-3)26-10-13/h4-5,8-10,12,15H,6-7,11H2,1-3H3,(H,27,28)(H,29,30). The Balaban J connectivity index is 1.78. The molecule has 0 saturated heterocycles. The van der Waals surface area contributed by atoms with Crippen LogP contribution in [-0.4, -0.2) is 39.7 Å². The smallest absolute Gasteiger partial charge is 0.316 e. The van der Waals surface area contributed by atoms with Crippen LogP contribution >= 0.6 is 34.5 Å². The number of nitrogens with one attached hydrogen (secondary N) is 1. The zero-order valence-electron chi connectivity index (χ0n) is 17.9. The number of aromatic nitrogens is 3. The molecule has 2 heterocycles. The van der Waals surface area contributed by atoms with E-state index >= 15 is 0 Å². The van der Waals surface area contributed by atoms with Gasteiger partial charge in [-0.05, 0) is 36.5 Å². The highest BCUT2D eigenvalue weighted by atomic mass is 35.5. The molecule has 1 aromatic carbocycles. The van der Waals surface area contributed by atoms with E-state index in [2.05, 4.69) is 29.1 Å². The minimum Gasteiger partial charge on any atom is -0.481 e. The summed E-state index contributed by atoms with van der Waals surface area (Å²) in [7, 11) is 1.48. The summed E-state index contributed by atoms with van der Waals surface area (Å²) in [4.78, 5) is 25.7. The second kappa shape index (κ2) is 10.9. The number of hydrogen-bond donors (Lipinski definition) is 2. The van der Waals surface area contributed by atoms with Gasteiger partial charge in [0.1, 0.15) is 0 Å². The molecule has 170 valence electrons. The minimum absolute atomic E-state index is 0.219. The highest BCUT2D eigenvalue weighted by Crippen LogP contribution is 2.35. The highest BCUT2D eigenvalue weighted by molar-refractivity contribution is 7.16. The quantitative estimate of drug-likeness (QED) is 0.385. The van der Waals surface area contributed by atoms with Gasteiger partial charge < -0.3 is 15.2 Å². The van der Waals surface area contributed by atoms with Gasteiger partial charge in [0.25, 0.3) is 0 Å². The van der Waals surface area contributed by atoms with E-state index in [1.807, 2.05) is 6.07 Å². The third-order valence-corrected chi connectivity index (χ3v) is 6.45. The monoisotopic (exact) mass is 494 g/mol. The third kappa shape index (κ3) is 6.31. The summed E-state index contributed by atoms with van der Waals surface area (Å²) < 4.78 is 4.94. The van der Waals surface area contributed by atoms with Crippen molar-refractivity contribution in [2.45, 2.75) is 26.7 Å². The molecule has 0 fully saturated rings. The highest BCUT2D eigenvalue weighted by Gasteiger charge is 2.21. The fraction of sp³-hybridized carbons (Fsp3) is 0.364. The predicted molar refractivity (Wildman–Crippen MR) is 128 cm³/mol. The lowest BCUT2D eigenvalue weighted by atomic mass is 10.0. The molecule has 10 heteroatoms. The summed E-state index contributed by atoms with van der Waals surface area (Å²) >= 11 is 13.8. The topological polar surface area (TPSA) is 97.2 Å². The zero-order valence-corrected chi connectivity index (χ0v) is 20.3. The zero-order chi connectivity index (χ0) is 23.3. The van der Waals surface area contributed by atoms with Gasteiger partial charge in [0.05, 0.1) is 28.8 Å². The Hall–Kier alpha value is -2.42. The first-order valence-corrected chi connectivity index (χ1v) is 11.6. The second-order valence-electron chi connectivity index (χ2n) is 7.72. The molecule has 3 aromatic rings. The lowest BCUT2D eigenvalue weighted by Gasteiger charge is -2.12. The molecular formula is C22H24Cl2N4O3S. The molecule has 2 aromatic heterocycles. The van der Waals surface area contributed by atoms with Crippen LogP contribution in [-0.2, 0) is 17.6 Å². The van der Waals surface area contributed by atoms with Gasteiger partial charge in [0, 0.05) is 29.4 Å². The molecule has 0 saturated carbocycles. The summed E-state index contributed by atoms with van der Waals surface area (Å²) in [5, 5.41) is 14.5. The molecule has 0 aliphatic carbocycles. The lowest BCUT2D eigenvalue weighted by Crippen LogP contribution is -2.25. The first-order chi connectivity index (χ1) is 15.3. The van der Waals surface area contributed by atoms with Gasteiger partial charge in [0.15, 0.2) is 5.13 Å². The largest absolute Gasteiger partial charge is 0.481 e. The van der Waals surface area contributed by atoms with E-state index < -0.39 is 11.9 Å². The Labute approximate surface area is 200 Å². The molecule has 2 N–H and O–H groups in total. The van der Waals surface area contributed by atoms with E-state index in [1.54, 1.807) is 24.5 Å². The van der Waals surface area contributed by atoms with Crippen LogP contribution in [0.3, 0.4) is 0 Å². The van der Waals surface area contributed by atoms with Crippen molar-refractivity contribution in [3.05, 3.63) is 51.1 Å². The van der Waals surface area contributed by atoms with Gasteiger partial charge in [-0.25, -0.2) is 15.0 Å². The van der Waals surface area contributed by atoms with Crippen LogP contribution in [0.1, 0.15) is 24.3 Å². The number of halogens is 2. The SMILES string of the molecule is COc1ncc(CC(CNc2nc(-c3ccc(Cl)c(Cl)c3)c(CC(C)C)s2)C(=O)O)cn1. The summed E-state index contributed by atoms with van der Waals surface area (Å²) in [5.74, 6) is -1.14. The van der Waals surface area contributed by atoms with Crippen LogP contribution in [0.2, 0.25) is 10.0 Å². The molecule has 1 atom stereocenters. The minimum atomic E-state index is -0.906. The Morgan fingerprint density at radius 2 is 1.91 bits per heavy atom. The maximum atomic E-state index is 11.8. The number of benzene rings is 1. The number of methoxy groups -OCH3 is 1. The Morgan fingerprint density at radius 1 is 1.19 bits per heavy atom. The van der Waals surface area contributed by atoms with E-state index in [1.165, 1.54) is 18.4 Å². The van der Waals surface area contributed by atoms with E-state index in [0.717, 1.165) is 28.1 Å². The predicted octanol–water partition coefficient (Wildman–Crippen LogP) is 5.47. The van der Waals surface area contributed by atoms with Crippen LogP contribution in [0.25, 0.3) is 11.3 Å². The van der Waals surface area contributed by atoms with Crippen molar-refractivity contribution in [2.75, 3.05) is 19.0 Å². The van der Waals surface area contributed by atoms with E-state index in [9.17, 15) is 9.90 Å². The maximum absolute atomic E-state index is 11.8. The van der Waals surface area contributed by atoms with Crippen molar-refractivity contribution in [3.63, 3.8) is 0 Å². The molecule has 1 unspecified atom stereocenters. The molecule has 0 spiro atoms. The Bertz CT molecular complexity index is 1070. The van der Waals surface area contributed by atoms with Crippen LogP contribution in [0.15, 0.2) is 30.6 Å². The number of ether oxygens (including phenoxy) is 1. The number of carbonyl (C=O) groups is 1. The number of rotatable bonds is 10. The number of anilines is 1. The fourth-order valence-electron chi connectivity index (χ4n) is 3.10. The van der Waals surface area contributed by atoms with E-state index in [0.29, 0.717) is 21.1 Å².